The average molecular weight is 410 g/mol. The molecule has 0 saturated carbocycles. The van der Waals surface area contributed by atoms with Gasteiger partial charge in [0.05, 0.1) is 12.8 Å². The standard InChI is InChI=1S/C21H26N6O3/c1-5-27-20(29)18-17(14(2)23-24(18)3)22-21(27)26-11-9-25(10-12-26)19(28)15-7-6-8-16(13-15)30-4/h6-8,13H,5,9-12H2,1-4H3. The van der Waals surface area contributed by atoms with E-state index in [4.69, 9.17) is 9.72 Å². The maximum absolute atomic E-state index is 13.0. The molecular weight excluding hydrogens is 384 g/mol. The molecule has 1 aromatic carbocycles. The van der Waals surface area contributed by atoms with E-state index in [9.17, 15) is 9.59 Å². The van der Waals surface area contributed by atoms with E-state index in [1.807, 2.05) is 30.9 Å². The van der Waals surface area contributed by atoms with Crippen LogP contribution in [0.5, 0.6) is 5.75 Å². The van der Waals surface area contributed by atoms with E-state index in [-0.39, 0.29) is 11.5 Å². The molecule has 1 aliphatic heterocycles. The second-order valence-corrected chi connectivity index (χ2v) is 7.38. The van der Waals surface area contributed by atoms with E-state index in [2.05, 4.69) is 10.00 Å². The highest BCUT2D eigenvalue weighted by molar-refractivity contribution is 5.94. The van der Waals surface area contributed by atoms with Crippen LogP contribution in [0.15, 0.2) is 29.1 Å². The first-order valence-corrected chi connectivity index (χ1v) is 10.1. The van der Waals surface area contributed by atoms with Gasteiger partial charge in [-0.1, -0.05) is 6.07 Å². The van der Waals surface area contributed by atoms with Crippen LogP contribution in [0.2, 0.25) is 0 Å². The molecule has 0 unspecified atom stereocenters. The third kappa shape index (κ3) is 3.30. The number of nitrogens with zero attached hydrogens (tertiary/aromatic N) is 6. The lowest BCUT2D eigenvalue weighted by Gasteiger charge is -2.36. The van der Waals surface area contributed by atoms with Gasteiger partial charge in [0.25, 0.3) is 11.5 Å². The van der Waals surface area contributed by atoms with E-state index in [0.29, 0.717) is 61.0 Å². The van der Waals surface area contributed by atoms with E-state index in [1.54, 1.807) is 35.5 Å². The molecule has 0 atom stereocenters. The predicted octanol–water partition coefficient (Wildman–Crippen LogP) is 1.43. The Labute approximate surface area is 174 Å². The van der Waals surface area contributed by atoms with Crippen molar-refractivity contribution < 1.29 is 9.53 Å². The molecule has 1 fully saturated rings. The Morgan fingerprint density at radius 3 is 2.60 bits per heavy atom. The molecule has 9 nitrogen and oxygen atoms in total. The average Bonchev–Trinajstić information content (AvgIpc) is 3.06. The molecule has 3 heterocycles. The minimum atomic E-state index is -0.0875. The summed E-state index contributed by atoms with van der Waals surface area (Å²) >= 11 is 0. The summed E-state index contributed by atoms with van der Waals surface area (Å²) in [5, 5.41) is 4.35. The SMILES string of the molecule is CCn1c(N2CCN(C(=O)c3cccc(OC)c3)CC2)nc2c(C)nn(C)c2c1=O. The number of hydrogen-bond donors (Lipinski definition) is 0. The number of hydrogen-bond acceptors (Lipinski definition) is 6. The third-order valence-corrected chi connectivity index (χ3v) is 5.57. The van der Waals surface area contributed by atoms with Crippen molar-refractivity contribution in [3.8, 4) is 5.75 Å². The number of benzene rings is 1. The quantitative estimate of drug-likeness (QED) is 0.647. The van der Waals surface area contributed by atoms with Crippen molar-refractivity contribution in [1.82, 2.24) is 24.2 Å². The Bertz CT molecular complexity index is 1160. The van der Waals surface area contributed by atoms with Gasteiger partial charge in [0, 0.05) is 45.3 Å². The first-order valence-electron chi connectivity index (χ1n) is 10.1. The number of fused-ring (bicyclic) bond motifs is 1. The third-order valence-electron chi connectivity index (χ3n) is 5.57. The molecule has 0 radical (unpaired) electrons. The summed E-state index contributed by atoms with van der Waals surface area (Å²) in [5.41, 5.74) is 2.41. The first-order chi connectivity index (χ1) is 14.4. The van der Waals surface area contributed by atoms with E-state index in [1.165, 1.54) is 0 Å². The van der Waals surface area contributed by atoms with Crippen LogP contribution in [-0.2, 0) is 13.6 Å². The number of methoxy groups -OCH3 is 1. The lowest BCUT2D eigenvalue weighted by Crippen LogP contribution is -2.50. The van der Waals surface area contributed by atoms with Crippen LogP contribution in [0, 0.1) is 6.92 Å². The number of amides is 1. The number of aromatic nitrogens is 4. The topological polar surface area (TPSA) is 85.5 Å². The van der Waals surface area contributed by atoms with E-state index >= 15 is 0 Å². The molecule has 2 aromatic heterocycles. The molecule has 1 aliphatic rings. The van der Waals surface area contributed by atoms with Crippen LogP contribution < -0.4 is 15.2 Å². The van der Waals surface area contributed by atoms with Gasteiger partial charge in [0.15, 0.2) is 5.52 Å². The van der Waals surface area contributed by atoms with Gasteiger partial charge >= 0.3 is 0 Å². The van der Waals surface area contributed by atoms with Gasteiger partial charge in [-0.15, -0.1) is 0 Å². The summed E-state index contributed by atoms with van der Waals surface area (Å²) in [6.45, 7) is 6.63. The Kier molecular flexibility index (Phi) is 5.19. The molecule has 1 saturated heterocycles. The number of ether oxygens (including phenoxy) is 1. The van der Waals surface area contributed by atoms with Crippen molar-refractivity contribution >= 4 is 22.9 Å². The van der Waals surface area contributed by atoms with Gasteiger partial charge in [0.2, 0.25) is 5.95 Å². The maximum atomic E-state index is 13.0. The molecule has 9 heteroatoms. The number of carbonyl (C=O) groups excluding carboxylic acids is 1. The Balaban J connectivity index is 1.58. The van der Waals surface area contributed by atoms with Gasteiger partial charge in [-0.25, -0.2) is 4.98 Å². The second-order valence-electron chi connectivity index (χ2n) is 7.38. The number of anilines is 1. The lowest BCUT2D eigenvalue weighted by atomic mass is 10.1. The fourth-order valence-corrected chi connectivity index (χ4v) is 3.97. The zero-order valence-electron chi connectivity index (χ0n) is 17.8. The largest absolute Gasteiger partial charge is 0.497 e. The first kappa shape index (κ1) is 19.9. The molecule has 3 aromatic rings. The summed E-state index contributed by atoms with van der Waals surface area (Å²) in [7, 11) is 3.35. The highest BCUT2D eigenvalue weighted by Gasteiger charge is 2.26. The molecule has 0 aliphatic carbocycles. The minimum Gasteiger partial charge on any atom is -0.497 e. The fourth-order valence-electron chi connectivity index (χ4n) is 3.97. The summed E-state index contributed by atoms with van der Waals surface area (Å²) in [5.74, 6) is 1.28. The molecular formula is C21H26N6O3. The Hall–Kier alpha value is -3.36. The second kappa shape index (κ2) is 7.81. The zero-order valence-corrected chi connectivity index (χ0v) is 17.8. The summed E-state index contributed by atoms with van der Waals surface area (Å²) in [4.78, 5) is 34.6. The molecule has 30 heavy (non-hydrogen) atoms. The number of rotatable bonds is 4. The van der Waals surface area contributed by atoms with Crippen molar-refractivity contribution in [2.45, 2.75) is 20.4 Å². The molecule has 1 amide bonds. The van der Waals surface area contributed by atoms with Crippen molar-refractivity contribution in [2.75, 3.05) is 38.2 Å². The minimum absolute atomic E-state index is 0.0204. The highest BCUT2D eigenvalue weighted by atomic mass is 16.5. The van der Waals surface area contributed by atoms with Crippen LogP contribution in [0.4, 0.5) is 5.95 Å². The summed E-state index contributed by atoms with van der Waals surface area (Å²) < 4.78 is 8.51. The number of piperazine rings is 1. The molecule has 4 rings (SSSR count). The van der Waals surface area contributed by atoms with E-state index in [0.717, 1.165) is 5.69 Å². The molecule has 0 N–H and O–H groups in total. The van der Waals surface area contributed by atoms with Gasteiger partial charge in [0.1, 0.15) is 11.3 Å². The molecule has 158 valence electrons. The Morgan fingerprint density at radius 1 is 1.20 bits per heavy atom. The lowest BCUT2D eigenvalue weighted by molar-refractivity contribution is 0.0745. The van der Waals surface area contributed by atoms with Crippen molar-refractivity contribution in [3.05, 3.63) is 45.9 Å². The van der Waals surface area contributed by atoms with Gasteiger partial charge < -0.3 is 14.5 Å². The predicted molar refractivity (Wildman–Crippen MR) is 114 cm³/mol. The maximum Gasteiger partial charge on any atom is 0.281 e. The van der Waals surface area contributed by atoms with E-state index < -0.39 is 0 Å². The van der Waals surface area contributed by atoms with Crippen LogP contribution >= 0.6 is 0 Å². The summed E-state index contributed by atoms with van der Waals surface area (Å²) in [6.07, 6.45) is 0. The van der Waals surface area contributed by atoms with Crippen LogP contribution in [0.3, 0.4) is 0 Å². The zero-order chi connectivity index (χ0) is 21.4. The smallest absolute Gasteiger partial charge is 0.281 e. The van der Waals surface area contributed by atoms with Gasteiger partial charge in [-0.05, 0) is 32.0 Å². The number of carbonyl (C=O) groups is 1. The molecule has 0 bridgehead atoms. The van der Waals surface area contributed by atoms with Crippen molar-refractivity contribution in [3.63, 3.8) is 0 Å². The number of aryl methyl sites for hydroxylation is 2. The monoisotopic (exact) mass is 410 g/mol. The molecule has 0 spiro atoms. The van der Waals surface area contributed by atoms with Crippen molar-refractivity contribution in [2.24, 2.45) is 7.05 Å². The fraction of sp³-hybridized carbons (Fsp3) is 0.429. The Morgan fingerprint density at radius 2 is 1.93 bits per heavy atom. The normalized spacial score (nSPS) is 14.4. The highest BCUT2D eigenvalue weighted by Crippen LogP contribution is 2.20. The van der Waals surface area contributed by atoms with Crippen LogP contribution in [0.25, 0.3) is 11.0 Å². The van der Waals surface area contributed by atoms with Crippen LogP contribution in [0.1, 0.15) is 23.0 Å². The van der Waals surface area contributed by atoms with Gasteiger partial charge in [-0.3, -0.25) is 18.8 Å². The van der Waals surface area contributed by atoms with Crippen molar-refractivity contribution in [1.29, 1.82) is 0 Å². The summed E-state index contributed by atoms with van der Waals surface area (Å²) in [6, 6.07) is 7.19. The van der Waals surface area contributed by atoms with Gasteiger partial charge in [-0.2, -0.15) is 5.10 Å². The van der Waals surface area contributed by atoms with Crippen LogP contribution in [-0.4, -0.2) is 63.4 Å².